The van der Waals surface area contributed by atoms with Crippen molar-refractivity contribution in [3.8, 4) is 0 Å². The highest BCUT2D eigenvalue weighted by Gasteiger charge is 2.21. The maximum atomic E-state index is 5.72. The van der Waals surface area contributed by atoms with Crippen LogP contribution in [0, 0.1) is 0 Å². The molecule has 1 aliphatic rings. The molecule has 0 spiro atoms. The smallest absolute Gasteiger partial charge is 0.0113 e. The van der Waals surface area contributed by atoms with Gasteiger partial charge in [-0.2, -0.15) is 0 Å². The quantitative estimate of drug-likeness (QED) is 0.797. The normalized spacial score (nSPS) is 18.8. The molecule has 1 heterocycles. The zero-order valence-corrected chi connectivity index (χ0v) is 13.5. The summed E-state index contributed by atoms with van der Waals surface area (Å²) in [4.78, 5) is 5.26. The topological polar surface area (TPSA) is 32.5 Å². The van der Waals surface area contributed by atoms with Crippen molar-refractivity contribution >= 4 is 0 Å². The number of hydrogen-bond acceptors (Lipinski definition) is 3. The third-order valence-electron chi connectivity index (χ3n) is 4.68. The number of nitrogens with two attached hydrogens (primary N) is 1. The first-order valence-electron chi connectivity index (χ1n) is 8.54. The van der Waals surface area contributed by atoms with Crippen molar-refractivity contribution in [3.63, 3.8) is 0 Å². The van der Waals surface area contributed by atoms with E-state index in [1.165, 1.54) is 57.5 Å². The Hall–Kier alpha value is -0.900. The Morgan fingerprint density at radius 2 is 1.81 bits per heavy atom. The molecule has 0 aliphatic carbocycles. The predicted molar refractivity (Wildman–Crippen MR) is 90.5 cm³/mol. The molecule has 0 aromatic heterocycles. The zero-order valence-electron chi connectivity index (χ0n) is 13.5. The van der Waals surface area contributed by atoms with E-state index >= 15 is 0 Å². The average molecular weight is 289 g/mol. The van der Waals surface area contributed by atoms with Gasteiger partial charge in [0.2, 0.25) is 0 Å². The van der Waals surface area contributed by atoms with Crippen LogP contribution in [0.25, 0.3) is 0 Å². The molecule has 0 bridgehead atoms. The van der Waals surface area contributed by atoms with E-state index < -0.39 is 0 Å². The lowest BCUT2D eigenvalue weighted by molar-refractivity contribution is 0.0905. The highest BCUT2D eigenvalue weighted by molar-refractivity contribution is 5.14. The molecule has 1 aromatic carbocycles. The molecule has 1 atom stereocenters. The summed E-state index contributed by atoms with van der Waals surface area (Å²) in [6.45, 7) is 9.19. The van der Waals surface area contributed by atoms with E-state index in [0.29, 0.717) is 6.04 Å². The Balaban J connectivity index is 1.65. The van der Waals surface area contributed by atoms with E-state index in [2.05, 4.69) is 47.1 Å². The molecular weight excluding hydrogens is 258 g/mol. The van der Waals surface area contributed by atoms with E-state index in [1.807, 2.05) is 0 Å². The lowest BCUT2D eigenvalue weighted by atomic mass is 10.1. The van der Waals surface area contributed by atoms with Crippen molar-refractivity contribution in [1.82, 2.24) is 9.80 Å². The van der Waals surface area contributed by atoms with Gasteiger partial charge < -0.3 is 10.6 Å². The van der Waals surface area contributed by atoms with Gasteiger partial charge in [0.25, 0.3) is 0 Å². The molecule has 1 saturated heterocycles. The SMILES string of the molecule is CCC(CCN)N1CCN(CCCc2ccccc2)CC1. The van der Waals surface area contributed by atoms with Crippen LogP contribution < -0.4 is 5.73 Å². The van der Waals surface area contributed by atoms with Crippen LogP contribution in [0.3, 0.4) is 0 Å². The minimum absolute atomic E-state index is 0.696. The van der Waals surface area contributed by atoms with Gasteiger partial charge in [-0.3, -0.25) is 4.90 Å². The number of piperazine rings is 1. The van der Waals surface area contributed by atoms with Gasteiger partial charge in [0.15, 0.2) is 0 Å². The van der Waals surface area contributed by atoms with Crippen LogP contribution in [0.2, 0.25) is 0 Å². The molecule has 2 N–H and O–H groups in total. The van der Waals surface area contributed by atoms with Gasteiger partial charge in [0.1, 0.15) is 0 Å². The number of nitrogens with zero attached hydrogens (tertiary/aromatic N) is 2. The Morgan fingerprint density at radius 3 is 2.43 bits per heavy atom. The summed E-state index contributed by atoms with van der Waals surface area (Å²) < 4.78 is 0. The molecule has 0 radical (unpaired) electrons. The molecule has 1 aliphatic heterocycles. The number of rotatable bonds is 8. The van der Waals surface area contributed by atoms with Gasteiger partial charge in [-0.15, -0.1) is 0 Å². The van der Waals surface area contributed by atoms with Gasteiger partial charge in [0.05, 0.1) is 0 Å². The highest BCUT2D eigenvalue weighted by Crippen LogP contribution is 2.12. The van der Waals surface area contributed by atoms with Crippen molar-refractivity contribution in [2.24, 2.45) is 5.73 Å². The lowest BCUT2D eigenvalue weighted by Crippen LogP contribution is -2.50. The Labute approximate surface area is 130 Å². The fraction of sp³-hybridized carbons (Fsp3) is 0.667. The summed E-state index contributed by atoms with van der Waals surface area (Å²) in [6, 6.07) is 11.5. The largest absolute Gasteiger partial charge is 0.330 e. The summed E-state index contributed by atoms with van der Waals surface area (Å²) in [5.41, 5.74) is 7.19. The number of benzene rings is 1. The minimum Gasteiger partial charge on any atom is -0.330 e. The first-order chi connectivity index (χ1) is 10.3. The van der Waals surface area contributed by atoms with Crippen molar-refractivity contribution in [3.05, 3.63) is 35.9 Å². The third-order valence-corrected chi connectivity index (χ3v) is 4.68. The summed E-state index contributed by atoms with van der Waals surface area (Å²) in [5, 5.41) is 0. The fourth-order valence-electron chi connectivity index (χ4n) is 3.34. The minimum atomic E-state index is 0.696. The first kappa shape index (κ1) is 16.5. The van der Waals surface area contributed by atoms with Crippen molar-refractivity contribution in [2.75, 3.05) is 39.3 Å². The second kappa shape index (κ2) is 9.19. The second-order valence-corrected chi connectivity index (χ2v) is 6.11. The Morgan fingerprint density at radius 1 is 1.10 bits per heavy atom. The van der Waals surface area contributed by atoms with Gasteiger partial charge in [-0.1, -0.05) is 37.3 Å². The van der Waals surface area contributed by atoms with Crippen molar-refractivity contribution in [1.29, 1.82) is 0 Å². The van der Waals surface area contributed by atoms with Crippen LogP contribution in [-0.4, -0.2) is 55.1 Å². The number of aryl methyl sites for hydroxylation is 1. The molecule has 21 heavy (non-hydrogen) atoms. The maximum Gasteiger partial charge on any atom is 0.0113 e. The van der Waals surface area contributed by atoms with Crippen molar-refractivity contribution in [2.45, 2.75) is 38.6 Å². The summed E-state index contributed by atoms with van der Waals surface area (Å²) >= 11 is 0. The maximum absolute atomic E-state index is 5.72. The molecule has 1 aromatic rings. The molecule has 3 heteroatoms. The van der Waals surface area contributed by atoms with E-state index in [4.69, 9.17) is 5.73 Å². The summed E-state index contributed by atoms with van der Waals surface area (Å²) in [6.07, 6.45) is 4.84. The predicted octanol–water partition coefficient (Wildman–Crippen LogP) is 2.36. The summed E-state index contributed by atoms with van der Waals surface area (Å²) in [5.74, 6) is 0. The van der Waals surface area contributed by atoms with Crippen LogP contribution in [0.5, 0.6) is 0 Å². The Bertz CT molecular complexity index is 371. The zero-order chi connectivity index (χ0) is 14.9. The van der Waals surface area contributed by atoms with E-state index in [1.54, 1.807) is 0 Å². The molecule has 1 fully saturated rings. The molecule has 0 amide bonds. The van der Waals surface area contributed by atoms with Gasteiger partial charge in [0, 0.05) is 32.2 Å². The third kappa shape index (κ3) is 5.42. The molecule has 2 rings (SSSR count). The second-order valence-electron chi connectivity index (χ2n) is 6.11. The summed E-state index contributed by atoms with van der Waals surface area (Å²) in [7, 11) is 0. The van der Waals surface area contributed by atoms with Gasteiger partial charge in [-0.05, 0) is 44.3 Å². The monoisotopic (exact) mass is 289 g/mol. The van der Waals surface area contributed by atoms with Crippen LogP contribution >= 0.6 is 0 Å². The van der Waals surface area contributed by atoms with Crippen molar-refractivity contribution < 1.29 is 0 Å². The highest BCUT2D eigenvalue weighted by atomic mass is 15.3. The number of hydrogen-bond donors (Lipinski definition) is 1. The molecule has 0 saturated carbocycles. The van der Waals surface area contributed by atoms with E-state index in [-0.39, 0.29) is 0 Å². The van der Waals surface area contributed by atoms with Gasteiger partial charge in [-0.25, -0.2) is 0 Å². The van der Waals surface area contributed by atoms with Crippen LogP contribution in [0.15, 0.2) is 30.3 Å². The molecule has 3 nitrogen and oxygen atoms in total. The molecule has 1 unspecified atom stereocenters. The lowest BCUT2D eigenvalue weighted by Gasteiger charge is -2.39. The van der Waals surface area contributed by atoms with E-state index in [0.717, 1.165) is 13.0 Å². The first-order valence-corrected chi connectivity index (χ1v) is 8.54. The average Bonchev–Trinajstić information content (AvgIpc) is 2.54. The van der Waals surface area contributed by atoms with Crippen LogP contribution in [-0.2, 0) is 6.42 Å². The molecule has 118 valence electrons. The van der Waals surface area contributed by atoms with Crippen LogP contribution in [0.4, 0.5) is 0 Å². The van der Waals surface area contributed by atoms with E-state index in [9.17, 15) is 0 Å². The standard InChI is InChI=1S/C18H31N3/c1-2-18(10-11-19)21-15-13-20(14-16-21)12-6-9-17-7-4-3-5-8-17/h3-5,7-8,18H,2,6,9-16,19H2,1H3. The van der Waals surface area contributed by atoms with Crippen LogP contribution in [0.1, 0.15) is 31.7 Å². The van der Waals surface area contributed by atoms with Gasteiger partial charge >= 0.3 is 0 Å². The Kier molecular flexibility index (Phi) is 7.20. The molecular formula is C18H31N3. The fourth-order valence-corrected chi connectivity index (χ4v) is 3.34.